The number of aryl methyl sites for hydroxylation is 1. The van der Waals surface area contributed by atoms with Crippen LogP contribution < -0.4 is 20.9 Å². The number of nitrogens with one attached hydrogen (secondary N) is 1. The van der Waals surface area contributed by atoms with E-state index in [1.54, 1.807) is 4.90 Å². The Bertz CT molecular complexity index is 1690. The van der Waals surface area contributed by atoms with Gasteiger partial charge in [0.2, 0.25) is 11.8 Å². The zero-order chi connectivity index (χ0) is 33.5. The molecule has 7 heteroatoms. The second kappa shape index (κ2) is 15.1. The third kappa shape index (κ3) is 7.91. The van der Waals surface area contributed by atoms with Gasteiger partial charge in [-0.3, -0.25) is 14.4 Å². The number of anilines is 3. The van der Waals surface area contributed by atoms with Crippen LogP contribution in [0.3, 0.4) is 0 Å². The van der Waals surface area contributed by atoms with Crippen molar-refractivity contribution in [3.63, 3.8) is 0 Å². The molecule has 3 amide bonds. The molecule has 0 spiro atoms. The van der Waals surface area contributed by atoms with E-state index in [2.05, 4.69) is 53.5 Å². The van der Waals surface area contributed by atoms with Crippen LogP contribution in [0.5, 0.6) is 0 Å². The lowest BCUT2D eigenvalue weighted by Crippen LogP contribution is -2.54. The molecule has 0 saturated heterocycles. The van der Waals surface area contributed by atoms with Gasteiger partial charge in [0.1, 0.15) is 6.04 Å². The minimum Gasteiger partial charge on any atom is -0.369 e. The van der Waals surface area contributed by atoms with Crippen molar-refractivity contribution in [2.75, 3.05) is 16.3 Å². The largest absolute Gasteiger partial charge is 0.369 e. The number of hydrogen-bond donors (Lipinski definition) is 2. The molecule has 1 aliphatic rings. The number of para-hydroxylation sites is 3. The van der Waals surface area contributed by atoms with Crippen molar-refractivity contribution in [1.29, 1.82) is 0 Å². The molecule has 7 nitrogen and oxygen atoms in total. The van der Waals surface area contributed by atoms with Gasteiger partial charge in [-0.05, 0) is 72.7 Å². The number of fused-ring (bicyclic) bond motifs is 1. The smallest absolute Gasteiger partial charge is 0.251 e. The highest BCUT2D eigenvalue weighted by Gasteiger charge is 2.39. The summed E-state index contributed by atoms with van der Waals surface area (Å²) < 4.78 is 0. The van der Waals surface area contributed by atoms with Crippen LogP contribution in [0.1, 0.15) is 51.2 Å². The van der Waals surface area contributed by atoms with Crippen LogP contribution in [0.2, 0.25) is 0 Å². The molecule has 0 saturated carbocycles. The Hall–Kier alpha value is -4.91. The minimum absolute atomic E-state index is 0.164. The molecule has 0 fully saturated rings. The quantitative estimate of drug-likeness (QED) is 0.171. The molecule has 244 valence electrons. The zero-order valence-electron chi connectivity index (χ0n) is 27.9. The normalized spacial score (nSPS) is 15.9. The molecular formula is C40H46N4O3. The number of carbonyl (C=O) groups excluding carboxylic acids is 3. The Labute approximate surface area is 278 Å². The summed E-state index contributed by atoms with van der Waals surface area (Å²) in [5, 5.41) is 3.12. The number of amides is 3. The standard InChI is InChI=1S/C40H46N4O3/c1-5-12-33(38(41)45)34(23-27(2)3)39(46)42-35-26-43(32-15-7-6-8-16-32)36-17-9-10-18-37(36)44(40(35)47)25-29-13-11-14-31(24-29)30-21-19-28(4)20-22-30/h6-11,13-22,24,27,33-35H,5,12,23,25-26H2,1-4H3,(H2,41,45)(H,42,46). The number of primary amides is 1. The number of hydrogen-bond acceptors (Lipinski definition) is 4. The summed E-state index contributed by atoms with van der Waals surface area (Å²) >= 11 is 0. The summed E-state index contributed by atoms with van der Waals surface area (Å²) in [5.41, 5.74) is 12.7. The van der Waals surface area contributed by atoms with E-state index < -0.39 is 23.8 Å². The molecule has 4 aromatic carbocycles. The van der Waals surface area contributed by atoms with Crippen molar-refractivity contribution in [3.05, 3.63) is 114 Å². The number of benzene rings is 4. The first-order chi connectivity index (χ1) is 22.7. The molecule has 3 unspecified atom stereocenters. The molecule has 0 bridgehead atoms. The van der Waals surface area contributed by atoms with Gasteiger partial charge in [-0.15, -0.1) is 0 Å². The lowest BCUT2D eigenvalue weighted by atomic mass is 9.81. The summed E-state index contributed by atoms with van der Waals surface area (Å²) in [6, 6.07) is 33.6. The fourth-order valence-corrected chi connectivity index (χ4v) is 6.58. The summed E-state index contributed by atoms with van der Waals surface area (Å²) in [5.74, 6) is -2.07. The van der Waals surface area contributed by atoms with Crippen LogP contribution >= 0.6 is 0 Å². The summed E-state index contributed by atoms with van der Waals surface area (Å²) in [6.45, 7) is 8.66. The van der Waals surface area contributed by atoms with Crippen LogP contribution in [0.4, 0.5) is 17.1 Å². The molecule has 1 heterocycles. The number of carbonyl (C=O) groups is 3. The van der Waals surface area contributed by atoms with E-state index in [1.165, 1.54) is 5.56 Å². The van der Waals surface area contributed by atoms with Crippen LogP contribution in [0.15, 0.2) is 103 Å². The van der Waals surface area contributed by atoms with Crippen LogP contribution in [-0.4, -0.2) is 30.3 Å². The van der Waals surface area contributed by atoms with Crippen molar-refractivity contribution < 1.29 is 14.4 Å². The average molecular weight is 631 g/mol. The number of nitrogens with zero attached hydrogens (tertiary/aromatic N) is 2. The highest BCUT2D eigenvalue weighted by Crippen LogP contribution is 2.38. The second-order valence-corrected chi connectivity index (χ2v) is 13.0. The molecule has 47 heavy (non-hydrogen) atoms. The van der Waals surface area contributed by atoms with Gasteiger partial charge in [0, 0.05) is 17.5 Å². The predicted molar refractivity (Wildman–Crippen MR) is 190 cm³/mol. The first-order valence-corrected chi connectivity index (χ1v) is 16.6. The Morgan fingerprint density at radius 1 is 0.851 bits per heavy atom. The van der Waals surface area contributed by atoms with Gasteiger partial charge in [0.15, 0.2) is 0 Å². The minimum atomic E-state index is -0.875. The first kappa shape index (κ1) is 33.5. The first-order valence-electron chi connectivity index (χ1n) is 16.6. The van der Waals surface area contributed by atoms with Crippen molar-refractivity contribution in [3.8, 4) is 11.1 Å². The van der Waals surface area contributed by atoms with E-state index in [0.717, 1.165) is 40.2 Å². The van der Waals surface area contributed by atoms with Crippen LogP contribution in [-0.2, 0) is 20.9 Å². The van der Waals surface area contributed by atoms with Crippen LogP contribution in [0.25, 0.3) is 11.1 Å². The topological polar surface area (TPSA) is 95.7 Å². The third-order valence-electron chi connectivity index (χ3n) is 8.94. The van der Waals surface area contributed by atoms with E-state index in [1.807, 2.05) is 87.5 Å². The van der Waals surface area contributed by atoms with Crippen LogP contribution in [0, 0.1) is 24.7 Å². The maximum Gasteiger partial charge on any atom is 0.251 e. The molecule has 0 aliphatic carbocycles. The Kier molecular flexibility index (Phi) is 10.8. The van der Waals surface area contributed by atoms with Crippen molar-refractivity contribution >= 4 is 34.8 Å². The fourth-order valence-electron chi connectivity index (χ4n) is 6.58. The van der Waals surface area contributed by atoms with E-state index >= 15 is 0 Å². The van der Waals surface area contributed by atoms with Gasteiger partial charge in [-0.25, -0.2) is 0 Å². The van der Waals surface area contributed by atoms with E-state index in [0.29, 0.717) is 19.4 Å². The van der Waals surface area contributed by atoms with E-state index in [9.17, 15) is 14.4 Å². The predicted octanol–water partition coefficient (Wildman–Crippen LogP) is 7.40. The van der Waals surface area contributed by atoms with Gasteiger partial charge in [-0.2, -0.15) is 0 Å². The molecular weight excluding hydrogens is 584 g/mol. The Morgan fingerprint density at radius 2 is 1.53 bits per heavy atom. The zero-order valence-corrected chi connectivity index (χ0v) is 27.9. The molecule has 5 rings (SSSR count). The van der Waals surface area contributed by atoms with Gasteiger partial charge in [0.05, 0.1) is 24.5 Å². The van der Waals surface area contributed by atoms with E-state index in [-0.39, 0.29) is 24.3 Å². The lowest BCUT2D eigenvalue weighted by molar-refractivity contribution is -0.136. The molecule has 0 radical (unpaired) electrons. The molecule has 3 N–H and O–H groups in total. The van der Waals surface area contributed by atoms with E-state index in [4.69, 9.17) is 5.73 Å². The highest BCUT2D eigenvalue weighted by atomic mass is 16.2. The second-order valence-electron chi connectivity index (χ2n) is 13.0. The van der Waals surface area contributed by atoms with Gasteiger partial charge < -0.3 is 20.9 Å². The average Bonchev–Trinajstić information content (AvgIpc) is 3.17. The molecule has 0 aromatic heterocycles. The number of rotatable bonds is 12. The van der Waals surface area contributed by atoms with Gasteiger partial charge in [0.25, 0.3) is 5.91 Å². The fraction of sp³-hybridized carbons (Fsp3) is 0.325. The van der Waals surface area contributed by atoms with Crippen molar-refractivity contribution in [2.24, 2.45) is 23.5 Å². The van der Waals surface area contributed by atoms with Crippen molar-refractivity contribution in [2.45, 2.75) is 59.5 Å². The molecule has 3 atom stereocenters. The lowest BCUT2D eigenvalue weighted by Gasteiger charge is -2.30. The number of nitrogens with two attached hydrogens (primary N) is 1. The molecule has 4 aromatic rings. The summed E-state index contributed by atoms with van der Waals surface area (Å²) in [6.07, 6.45) is 1.74. The Balaban J connectivity index is 1.55. The maximum atomic E-state index is 14.7. The van der Waals surface area contributed by atoms with Gasteiger partial charge in [-0.1, -0.05) is 106 Å². The monoisotopic (exact) mass is 630 g/mol. The molecule has 1 aliphatic heterocycles. The SMILES string of the molecule is CCCC(C(N)=O)C(CC(C)C)C(=O)NC1CN(c2ccccc2)c2ccccc2N(Cc2cccc(-c3ccc(C)cc3)c2)C1=O. The summed E-state index contributed by atoms with van der Waals surface area (Å²) in [7, 11) is 0. The Morgan fingerprint density at radius 3 is 2.19 bits per heavy atom. The summed E-state index contributed by atoms with van der Waals surface area (Å²) in [4.78, 5) is 45.3. The van der Waals surface area contributed by atoms with Crippen molar-refractivity contribution in [1.82, 2.24) is 5.32 Å². The van der Waals surface area contributed by atoms with Gasteiger partial charge >= 0.3 is 0 Å². The maximum absolute atomic E-state index is 14.7. The highest BCUT2D eigenvalue weighted by molar-refractivity contribution is 6.04. The third-order valence-corrected chi connectivity index (χ3v) is 8.94.